The van der Waals surface area contributed by atoms with E-state index in [-0.39, 0.29) is 5.78 Å². The van der Waals surface area contributed by atoms with Gasteiger partial charge in [0.25, 0.3) is 0 Å². The van der Waals surface area contributed by atoms with Gasteiger partial charge in [-0.1, -0.05) is 57.2 Å². The zero-order valence-electron chi connectivity index (χ0n) is 12.4. The summed E-state index contributed by atoms with van der Waals surface area (Å²) in [6.07, 6.45) is 0. The lowest BCUT2D eigenvalue weighted by Gasteiger charge is -2.16. The smallest absolute Gasteiger partial charge is 0.170 e. The SMILES string of the molecule is CC(C)(C)C(=O)c1cccc2sc(-c3ccccc3)nc12. The molecule has 0 radical (unpaired) electrons. The Balaban J connectivity index is 2.17. The summed E-state index contributed by atoms with van der Waals surface area (Å²) in [5.41, 5.74) is 2.23. The second-order valence-electron chi connectivity index (χ2n) is 6.12. The lowest BCUT2D eigenvalue weighted by molar-refractivity contribution is 0.0860. The van der Waals surface area contributed by atoms with Crippen molar-refractivity contribution in [1.82, 2.24) is 4.98 Å². The van der Waals surface area contributed by atoms with Crippen molar-refractivity contribution in [2.75, 3.05) is 0 Å². The minimum atomic E-state index is -0.398. The number of benzene rings is 2. The van der Waals surface area contributed by atoms with Gasteiger partial charge in [0.2, 0.25) is 0 Å². The van der Waals surface area contributed by atoms with Crippen molar-refractivity contribution in [1.29, 1.82) is 0 Å². The third-order valence-electron chi connectivity index (χ3n) is 3.37. The molecule has 0 atom stereocenters. The Morgan fingerprint density at radius 3 is 2.38 bits per heavy atom. The van der Waals surface area contributed by atoms with Gasteiger partial charge in [0, 0.05) is 16.5 Å². The standard InChI is InChI=1S/C18H17NOS/c1-18(2,3)16(20)13-10-7-11-14-15(13)19-17(21-14)12-8-5-4-6-9-12/h4-11H,1-3H3. The van der Waals surface area contributed by atoms with E-state index in [2.05, 4.69) is 0 Å². The van der Waals surface area contributed by atoms with Crippen LogP contribution in [0.15, 0.2) is 48.5 Å². The second-order valence-corrected chi connectivity index (χ2v) is 7.15. The van der Waals surface area contributed by atoms with Crippen LogP contribution in [-0.2, 0) is 0 Å². The monoisotopic (exact) mass is 295 g/mol. The van der Waals surface area contributed by atoms with Crippen molar-refractivity contribution in [3.8, 4) is 10.6 Å². The van der Waals surface area contributed by atoms with E-state index in [1.165, 1.54) is 0 Å². The van der Waals surface area contributed by atoms with Gasteiger partial charge in [-0.15, -0.1) is 11.3 Å². The van der Waals surface area contributed by atoms with Crippen molar-refractivity contribution in [2.24, 2.45) is 5.41 Å². The molecule has 0 spiro atoms. The summed E-state index contributed by atoms with van der Waals surface area (Å²) in [5, 5.41) is 0.958. The number of hydrogen-bond acceptors (Lipinski definition) is 3. The van der Waals surface area contributed by atoms with Gasteiger partial charge in [0.05, 0.1) is 10.2 Å². The van der Waals surface area contributed by atoms with E-state index < -0.39 is 5.41 Å². The Morgan fingerprint density at radius 2 is 1.71 bits per heavy atom. The molecule has 1 aromatic heterocycles. The number of fused-ring (bicyclic) bond motifs is 1. The summed E-state index contributed by atoms with van der Waals surface area (Å²) in [7, 11) is 0. The fraction of sp³-hybridized carbons (Fsp3) is 0.222. The van der Waals surface area contributed by atoms with E-state index in [0.29, 0.717) is 0 Å². The topological polar surface area (TPSA) is 30.0 Å². The number of nitrogens with zero attached hydrogens (tertiary/aromatic N) is 1. The summed E-state index contributed by atoms with van der Waals surface area (Å²) >= 11 is 1.63. The van der Waals surface area contributed by atoms with Gasteiger partial charge >= 0.3 is 0 Å². The van der Waals surface area contributed by atoms with E-state index >= 15 is 0 Å². The first-order chi connectivity index (χ1) is 9.97. The Hall–Kier alpha value is -2.00. The number of carbonyl (C=O) groups is 1. The number of hydrogen-bond donors (Lipinski definition) is 0. The highest BCUT2D eigenvalue weighted by atomic mass is 32.1. The molecule has 3 rings (SSSR count). The lowest BCUT2D eigenvalue weighted by atomic mass is 9.86. The van der Waals surface area contributed by atoms with E-state index in [1.807, 2.05) is 69.3 Å². The quantitative estimate of drug-likeness (QED) is 0.609. The van der Waals surface area contributed by atoms with E-state index in [1.54, 1.807) is 11.3 Å². The third kappa shape index (κ3) is 2.61. The molecule has 0 bridgehead atoms. The van der Waals surface area contributed by atoms with E-state index in [4.69, 9.17) is 4.98 Å². The molecule has 2 nitrogen and oxygen atoms in total. The Kier molecular flexibility index (Phi) is 3.38. The zero-order valence-corrected chi connectivity index (χ0v) is 13.2. The first kappa shape index (κ1) is 14.0. The van der Waals surface area contributed by atoms with Gasteiger partial charge in [-0.2, -0.15) is 0 Å². The van der Waals surface area contributed by atoms with Crippen LogP contribution in [0.2, 0.25) is 0 Å². The maximum Gasteiger partial charge on any atom is 0.170 e. The van der Waals surface area contributed by atoms with E-state index in [9.17, 15) is 4.79 Å². The first-order valence-electron chi connectivity index (χ1n) is 6.96. The minimum absolute atomic E-state index is 0.137. The number of thiazole rings is 1. The van der Waals surface area contributed by atoms with Gasteiger partial charge in [0.1, 0.15) is 5.01 Å². The predicted octanol–water partition coefficient (Wildman–Crippen LogP) is 5.19. The van der Waals surface area contributed by atoms with Crippen molar-refractivity contribution in [3.63, 3.8) is 0 Å². The average molecular weight is 295 g/mol. The number of carbonyl (C=O) groups excluding carboxylic acids is 1. The number of para-hydroxylation sites is 1. The van der Waals surface area contributed by atoms with Gasteiger partial charge in [-0.25, -0.2) is 4.98 Å². The number of Topliss-reactive ketones (excluding diaryl/α,β-unsaturated/α-hetero) is 1. The van der Waals surface area contributed by atoms with Crippen LogP contribution in [0.4, 0.5) is 0 Å². The normalized spacial score (nSPS) is 11.8. The summed E-state index contributed by atoms with van der Waals surface area (Å²) < 4.78 is 1.06. The van der Waals surface area contributed by atoms with Gasteiger partial charge < -0.3 is 0 Å². The molecule has 0 saturated heterocycles. The average Bonchev–Trinajstić information content (AvgIpc) is 2.90. The van der Waals surface area contributed by atoms with Gasteiger partial charge in [0.15, 0.2) is 5.78 Å². The summed E-state index contributed by atoms with van der Waals surface area (Å²) in [6.45, 7) is 5.83. The molecule has 3 aromatic rings. The molecule has 21 heavy (non-hydrogen) atoms. The second kappa shape index (κ2) is 5.08. The maximum absolute atomic E-state index is 12.6. The van der Waals surface area contributed by atoms with Crippen LogP contribution in [0.1, 0.15) is 31.1 Å². The molecule has 0 unspecified atom stereocenters. The zero-order chi connectivity index (χ0) is 15.0. The lowest BCUT2D eigenvalue weighted by Crippen LogP contribution is -2.20. The molecule has 3 heteroatoms. The fourth-order valence-corrected chi connectivity index (χ4v) is 3.24. The molecular weight excluding hydrogens is 278 g/mol. The number of ketones is 1. The molecule has 0 N–H and O–H groups in total. The molecule has 0 fully saturated rings. The Morgan fingerprint density at radius 1 is 1.00 bits per heavy atom. The third-order valence-corrected chi connectivity index (χ3v) is 4.44. The Labute approximate surface area is 128 Å². The van der Waals surface area contributed by atoms with Crippen LogP contribution in [-0.4, -0.2) is 10.8 Å². The summed E-state index contributed by atoms with van der Waals surface area (Å²) in [5.74, 6) is 0.137. The van der Waals surface area contributed by atoms with Crippen molar-refractivity contribution >= 4 is 27.3 Å². The van der Waals surface area contributed by atoms with Crippen LogP contribution in [0.25, 0.3) is 20.8 Å². The van der Waals surface area contributed by atoms with Crippen LogP contribution < -0.4 is 0 Å². The van der Waals surface area contributed by atoms with Crippen LogP contribution >= 0.6 is 11.3 Å². The molecular formula is C18H17NOS. The molecule has 0 saturated carbocycles. The summed E-state index contributed by atoms with van der Waals surface area (Å²) in [4.78, 5) is 17.3. The fourth-order valence-electron chi connectivity index (χ4n) is 2.24. The highest BCUT2D eigenvalue weighted by molar-refractivity contribution is 7.21. The molecule has 1 heterocycles. The van der Waals surface area contributed by atoms with Crippen LogP contribution in [0.5, 0.6) is 0 Å². The van der Waals surface area contributed by atoms with Gasteiger partial charge in [-0.3, -0.25) is 4.79 Å². The molecule has 0 aliphatic heterocycles. The number of rotatable bonds is 2. The van der Waals surface area contributed by atoms with Crippen LogP contribution in [0.3, 0.4) is 0 Å². The largest absolute Gasteiger partial charge is 0.294 e. The van der Waals surface area contributed by atoms with Crippen LogP contribution in [0, 0.1) is 5.41 Å². The molecule has 0 aliphatic rings. The Bertz CT molecular complexity index is 797. The number of aromatic nitrogens is 1. The highest BCUT2D eigenvalue weighted by Crippen LogP contribution is 2.33. The van der Waals surface area contributed by atoms with Crippen molar-refractivity contribution in [2.45, 2.75) is 20.8 Å². The molecule has 2 aromatic carbocycles. The summed E-state index contributed by atoms with van der Waals surface area (Å²) in [6, 6.07) is 15.9. The molecule has 0 amide bonds. The van der Waals surface area contributed by atoms with Crippen molar-refractivity contribution < 1.29 is 4.79 Å². The predicted molar refractivity (Wildman–Crippen MR) is 88.8 cm³/mol. The van der Waals surface area contributed by atoms with E-state index in [0.717, 1.165) is 26.4 Å². The maximum atomic E-state index is 12.6. The minimum Gasteiger partial charge on any atom is -0.294 e. The molecule has 106 valence electrons. The van der Waals surface area contributed by atoms with Gasteiger partial charge in [-0.05, 0) is 12.1 Å². The molecule has 0 aliphatic carbocycles. The first-order valence-corrected chi connectivity index (χ1v) is 7.78. The highest BCUT2D eigenvalue weighted by Gasteiger charge is 2.25. The van der Waals surface area contributed by atoms with Crippen molar-refractivity contribution in [3.05, 3.63) is 54.1 Å².